The van der Waals surface area contributed by atoms with E-state index in [4.69, 9.17) is 17.3 Å². The Morgan fingerprint density at radius 2 is 2.06 bits per heavy atom. The van der Waals surface area contributed by atoms with Crippen LogP contribution in [0.4, 0.5) is 15.8 Å². The summed E-state index contributed by atoms with van der Waals surface area (Å²) in [5.41, 5.74) is 6.75. The van der Waals surface area contributed by atoms with Gasteiger partial charge in [-0.05, 0) is 24.6 Å². The van der Waals surface area contributed by atoms with Crippen molar-refractivity contribution in [3.8, 4) is 0 Å². The van der Waals surface area contributed by atoms with Crippen LogP contribution in [-0.4, -0.2) is 0 Å². The van der Waals surface area contributed by atoms with Crippen LogP contribution in [0.15, 0.2) is 24.3 Å². The highest BCUT2D eigenvalue weighted by Crippen LogP contribution is 2.27. The lowest BCUT2D eigenvalue weighted by Crippen LogP contribution is -2.02. The van der Waals surface area contributed by atoms with E-state index >= 15 is 0 Å². The van der Waals surface area contributed by atoms with E-state index in [1.165, 1.54) is 21.9 Å². The molecule has 96 valence electrons. The van der Waals surface area contributed by atoms with Crippen molar-refractivity contribution < 1.29 is 4.39 Å². The van der Waals surface area contributed by atoms with Crippen molar-refractivity contribution in [3.63, 3.8) is 0 Å². The third-order valence-corrected chi connectivity index (χ3v) is 4.13. The molecule has 0 aliphatic carbocycles. The molecule has 0 aliphatic heterocycles. The van der Waals surface area contributed by atoms with E-state index in [9.17, 15) is 4.39 Å². The first-order valence-corrected chi connectivity index (χ1v) is 6.85. The lowest BCUT2D eigenvalue weighted by molar-refractivity contribution is 0.629. The number of nitrogens with one attached hydrogen (secondary N) is 1. The molecule has 5 heteroatoms. The molecule has 1 aromatic carbocycles. The summed E-state index contributed by atoms with van der Waals surface area (Å²) in [6.07, 6.45) is 1.04. The second-order valence-electron chi connectivity index (χ2n) is 3.93. The van der Waals surface area contributed by atoms with E-state index in [1.807, 2.05) is 0 Å². The van der Waals surface area contributed by atoms with Crippen molar-refractivity contribution in [2.75, 3.05) is 11.1 Å². The number of aryl methyl sites for hydroxylation is 1. The Kier molecular flexibility index (Phi) is 4.09. The third kappa shape index (κ3) is 2.94. The lowest BCUT2D eigenvalue weighted by Gasteiger charge is -2.09. The average molecular weight is 285 g/mol. The first kappa shape index (κ1) is 13.2. The van der Waals surface area contributed by atoms with Gasteiger partial charge in [-0.25, -0.2) is 4.39 Å². The molecule has 1 heterocycles. The van der Waals surface area contributed by atoms with Crippen LogP contribution in [0.3, 0.4) is 0 Å². The van der Waals surface area contributed by atoms with Crippen molar-refractivity contribution in [1.29, 1.82) is 0 Å². The molecule has 2 nitrogen and oxygen atoms in total. The van der Waals surface area contributed by atoms with Crippen molar-refractivity contribution in [2.45, 2.75) is 19.9 Å². The van der Waals surface area contributed by atoms with E-state index in [2.05, 4.69) is 24.4 Å². The molecule has 0 fully saturated rings. The van der Waals surface area contributed by atoms with Gasteiger partial charge in [0.15, 0.2) is 0 Å². The van der Waals surface area contributed by atoms with Crippen LogP contribution in [0.25, 0.3) is 0 Å². The fraction of sp³-hybridized carbons (Fsp3) is 0.231. The number of rotatable bonds is 4. The zero-order valence-corrected chi connectivity index (χ0v) is 11.5. The number of halogens is 2. The van der Waals surface area contributed by atoms with Crippen molar-refractivity contribution in [3.05, 3.63) is 44.9 Å². The van der Waals surface area contributed by atoms with Crippen LogP contribution in [0.2, 0.25) is 5.02 Å². The van der Waals surface area contributed by atoms with Crippen molar-refractivity contribution in [2.24, 2.45) is 0 Å². The summed E-state index contributed by atoms with van der Waals surface area (Å²) in [4.78, 5) is 2.56. The lowest BCUT2D eigenvalue weighted by atomic mass is 10.2. The Balaban J connectivity index is 2.08. The molecule has 0 saturated heterocycles. The summed E-state index contributed by atoms with van der Waals surface area (Å²) in [6, 6.07) is 6.94. The standard InChI is InChI=1S/C13H14ClFN2S/c1-2-8-3-4-9(18-8)7-17-13-5-10(14)11(15)6-12(13)16/h3-6,17H,2,7,16H2,1H3. The van der Waals surface area contributed by atoms with Crippen LogP contribution in [0.5, 0.6) is 0 Å². The van der Waals surface area contributed by atoms with Crippen LogP contribution in [0, 0.1) is 5.82 Å². The number of anilines is 2. The quantitative estimate of drug-likeness (QED) is 0.822. The maximum atomic E-state index is 13.1. The van der Waals surface area contributed by atoms with Gasteiger partial charge < -0.3 is 11.1 Å². The van der Waals surface area contributed by atoms with Gasteiger partial charge in [-0.3, -0.25) is 0 Å². The van der Waals surface area contributed by atoms with Crippen LogP contribution < -0.4 is 11.1 Å². The average Bonchev–Trinajstić information content (AvgIpc) is 2.80. The van der Waals surface area contributed by atoms with Crippen LogP contribution >= 0.6 is 22.9 Å². The van der Waals surface area contributed by atoms with E-state index in [1.54, 1.807) is 11.3 Å². The van der Waals surface area contributed by atoms with Gasteiger partial charge >= 0.3 is 0 Å². The first-order chi connectivity index (χ1) is 8.60. The minimum atomic E-state index is -0.496. The number of hydrogen-bond donors (Lipinski definition) is 2. The molecule has 0 atom stereocenters. The third-order valence-electron chi connectivity index (χ3n) is 2.61. The monoisotopic (exact) mass is 284 g/mol. The Morgan fingerprint density at radius 3 is 2.72 bits per heavy atom. The molecule has 1 aromatic heterocycles. The second-order valence-corrected chi connectivity index (χ2v) is 5.59. The van der Waals surface area contributed by atoms with Crippen molar-refractivity contribution >= 4 is 34.3 Å². The molecule has 0 bridgehead atoms. The number of thiophene rings is 1. The molecule has 3 N–H and O–H groups in total. The smallest absolute Gasteiger partial charge is 0.143 e. The molecule has 0 radical (unpaired) electrons. The normalized spacial score (nSPS) is 10.6. The Hall–Kier alpha value is -1.26. The van der Waals surface area contributed by atoms with Gasteiger partial charge in [0.05, 0.1) is 16.4 Å². The van der Waals surface area contributed by atoms with Gasteiger partial charge in [0, 0.05) is 22.4 Å². The minimum Gasteiger partial charge on any atom is -0.397 e. The van der Waals surface area contributed by atoms with Crippen molar-refractivity contribution in [1.82, 2.24) is 0 Å². The predicted molar refractivity (Wildman–Crippen MR) is 76.8 cm³/mol. The largest absolute Gasteiger partial charge is 0.397 e. The summed E-state index contributed by atoms with van der Waals surface area (Å²) in [6.45, 7) is 2.79. The highest BCUT2D eigenvalue weighted by atomic mass is 35.5. The Bertz CT molecular complexity index is 554. The van der Waals surface area contributed by atoms with Crippen LogP contribution in [0.1, 0.15) is 16.7 Å². The molecule has 2 aromatic rings. The minimum absolute atomic E-state index is 0.0760. The SMILES string of the molecule is CCc1ccc(CNc2cc(Cl)c(F)cc2N)s1. The summed E-state index contributed by atoms with van der Waals surface area (Å²) in [5, 5.41) is 3.25. The Morgan fingerprint density at radius 1 is 1.33 bits per heavy atom. The predicted octanol–water partition coefficient (Wildman–Crippen LogP) is 4.30. The molecule has 18 heavy (non-hydrogen) atoms. The summed E-state index contributed by atoms with van der Waals surface area (Å²) in [5.74, 6) is -0.496. The van der Waals surface area contributed by atoms with Gasteiger partial charge in [0.1, 0.15) is 5.82 Å². The number of benzene rings is 1. The molecule has 0 spiro atoms. The Labute approximate surface area is 115 Å². The van der Waals surface area contributed by atoms with Gasteiger partial charge in [-0.2, -0.15) is 0 Å². The molecule has 0 saturated carbocycles. The fourth-order valence-corrected chi connectivity index (χ4v) is 2.67. The van der Waals surface area contributed by atoms with E-state index in [-0.39, 0.29) is 5.02 Å². The summed E-state index contributed by atoms with van der Waals surface area (Å²) >= 11 is 7.48. The second kappa shape index (κ2) is 5.59. The molecule has 0 amide bonds. The van der Waals surface area contributed by atoms with E-state index in [0.29, 0.717) is 17.9 Å². The molecular formula is C13H14ClFN2S. The van der Waals surface area contributed by atoms with Gasteiger partial charge in [0.2, 0.25) is 0 Å². The molecule has 0 aliphatic rings. The van der Waals surface area contributed by atoms with E-state index < -0.39 is 5.82 Å². The van der Waals surface area contributed by atoms with Crippen LogP contribution in [-0.2, 0) is 13.0 Å². The van der Waals surface area contributed by atoms with Gasteiger partial charge in [0.25, 0.3) is 0 Å². The number of nitrogens with two attached hydrogens (primary N) is 1. The number of nitrogen functional groups attached to an aromatic ring is 1. The van der Waals surface area contributed by atoms with Gasteiger partial charge in [-0.1, -0.05) is 18.5 Å². The maximum absolute atomic E-state index is 13.1. The fourth-order valence-electron chi connectivity index (χ4n) is 1.61. The first-order valence-electron chi connectivity index (χ1n) is 5.66. The van der Waals surface area contributed by atoms with Gasteiger partial charge in [-0.15, -0.1) is 11.3 Å². The summed E-state index contributed by atoms with van der Waals surface area (Å²) in [7, 11) is 0. The maximum Gasteiger partial charge on any atom is 0.143 e. The molecular weight excluding hydrogens is 271 g/mol. The zero-order chi connectivity index (χ0) is 13.1. The molecule has 0 unspecified atom stereocenters. The number of hydrogen-bond acceptors (Lipinski definition) is 3. The summed E-state index contributed by atoms with van der Waals surface area (Å²) < 4.78 is 13.1. The zero-order valence-electron chi connectivity index (χ0n) is 9.97. The highest BCUT2D eigenvalue weighted by Gasteiger charge is 2.06. The van der Waals surface area contributed by atoms with E-state index in [0.717, 1.165) is 6.42 Å². The topological polar surface area (TPSA) is 38.0 Å². The highest BCUT2D eigenvalue weighted by molar-refractivity contribution is 7.12. The molecule has 2 rings (SSSR count).